The summed E-state index contributed by atoms with van der Waals surface area (Å²) in [6.07, 6.45) is 2.15. The number of aromatic nitrogens is 3. The number of imide groups is 1. The summed E-state index contributed by atoms with van der Waals surface area (Å²) in [4.78, 5) is 22.5. The van der Waals surface area contributed by atoms with Gasteiger partial charge in [-0.05, 0) is 13.3 Å². The number of carbonyl (C=O) groups is 2. The van der Waals surface area contributed by atoms with Gasteiger partial charge in [0, 0.05) is 12.5 Å². The molecule has 0 aliphatic carbocycles. The number of allylic oxidation sites excluding steroid dienone is 1. The minimum atomic E-state index is -3.05. The van der Waals surface area contributed by atoms with E-state index in [4.69, 9.17) is 5.73 Å². The normalized spacial score (nSPS) is 20.5. The number of carbonyl (C=O) groups excluding carboxylic acids is 2. The van der Waals surface area contributed by atoms with Gasteiger partial charge in [-0.15, -0.1) is 16.8 Å². The molecule has 1 fully saturated rings. The van der Waals surface area contributed by atoms with E-state index in [0.717, 1.165) is 11.8 Å². The fourth-order valence-electron chi connectivity index (χ4n) is 2.42. The first kappa shape index (κ1) is 18.5. The minimum Gasteiger partial charge on any atom is -0.351 e. The van der Waals surface area contributed by atoms with Crippen LogP contribution in [0.4, 0.5) is 4.79 Å². The van der Waals surface area contributed by atoms with Gasteiger partial charge in [0.05, 0.1) is 16.8 Å². The zero-order valence-electron chi connectivity index (χ0n) is 13.1. The van der Waals surface area contributed by atoms with E-state index in [1.54, 1.807) is 17.6 Å². The summed E-state index contributed by atoms with van der Waals surface area (Å²) < 4.78 is 25.1. The van der Waals surface area contributed by atoms with E-state index < -0.39 is 27.0 Å². The molecule has 0 bridgehead atoms. The first-order valence-corrected chi connectivity index (χ1v) is 9.95. The third-order valence-corrected chi connectivity index (χ3v) is 6.40. The van der Waals surface area contributed by atoms with Crippen molar-refractivity contribution >= 4 is 33.5 Å². The van der Waals surface area contributed by atoms with Gasteiger partial charge in [0.25, 0.3) is 0 Å². The molecule has 11 heteroatoms. The lowest BCUT2D eigenvalue weighted by atomic mass is 10.1. The van der Waals surface area contributed by atoms with Crippen LogP contribution in [-0.2, 0) is 21.2 Å². The molecule has 24 heavy (non-hydrogen) atoms. The maximum Gasteiger partial charge on any atom is 0.318 e. The molecule has 0 aromatic carbocycles. The van der Waals surface area contributed by atoms with Gasteiger partial charge in [-0.25, -0.2) is 13.2 Å². The van der Waals surface area contributed by atoms with Crippen molar-refractivity contribution in [2.75, 3.05) is 11.5 Å². The van der Waals surface area contributed by atoms with Crippen LogP contribution >= 0.6 is 11.8 Å². The van der Waals surface area contributed by atoms with Crippen LogP contribution < -0.4 is 11.1 Å². The average molecular weight is 373 g/mol. The second kappa shape index (κ2) is 7.34. The van der Waals surface area contributed by atoms with Crippen LogP contribution in [0.2, 0.25) is 0 Å². The van der Waals surface area contributed by atoms with Gasteiger partial charge in [-0.3, -0.25) is 10.1 Å². The van der Waals surface area contributed by atoms with Gasteiger partial charge in [-0.1, -0.05) is 17.8 Å². The number of sulfone groups is 1. The van der Waals surface area contributed by atoms with Crippen LogP contribution in [0.25, 0.3) is 0 Å². The van der Waals surface area contributed by atoms with Gasteiger partial charge in [0.15, 0.2) is 15.0 Å². The highest BCUT2D eigenvalue weighted by atomic mass is 32.2. The Kier molecular flexibility index (Phi) is 5.65. The lowest BCUT2D eigenvalue weighted by Crippen LogP contribution is -2.39. The van der Waals surface area contributed by atoms with Crippen molar-refractivity contribution in [2.45, 2.75) is 36.2 Å². The van der Waals surface area contributed by atoms with Gasteiger partial charge >= 0.3 is 6.03 Å². The predicted octanol–water partition coefficient (Wildman–Crippen LogP) is 0.0417. The third-order valence-electron chi connectivity index (χ3n) is 3.55. The summed E-state index contributed by atoms with van der Waals surface area (Å²) in [5, 5.41) is 10.0. The van der Waals surface area contributed by atoms with E-state index in [1.165, 1.54) is 0 Å². The molecule has 3 N–H and O–H groups in total. The number of thioether (sulfide) groups is 1. The van der Waals surface area contributed by atoms with Crippen LogP contribution in [0.1, 0.15) is 25.1 Å². The smallest absolute Gasteiger partial charge is 0.318 e. The first-order chi connectivity index (χ1) is 11.2. The van der Waals surface area contributed by atoms with Gasteiger partial charge in [0.2, 0.25) is 5.91 Å². The summed E-state index contributed by atoms with van der Waals surface area (Å²) in [5.74, 6) is 0.00146. The van der Waals surface area contributed by atoms with E-state index in [1.807, 2.05) is 5.32 Å². The lowest BCUT2D eigenvalue weighted by molar-refractivity contribution is -0.119. The van der Waals surface area contributed by atoms with E-state index in [0.29, 0.717) is 23.9 Å². The van der Waals surface area contributed by atoms with Crippen molar-refractivity contribution in [1.29, 1.82) is 0 Å². The van der Waals surface area contributed by atoms with Crippen LogP contribution in [0.3, 0.4) is 0 Å². The van der Waals surface area contributed by atoms with Gasteiger partial charge < -0.3 is 10.3 Å². The molecule has 2 heterocycles. The Hall–Kier alpha value is -1.88. The maximum absolute atomic E-state index is 11.8. The maximum atomic E-state index is 11.8. The zero-order valence-corrected chi connectivity index (χ0v) is 14.8. The average Bonchev–Trinajstić information content (AvgIpc) is 3.02. The van der Waals surface area contributed by atoms with Crippen LogP contribution in [-0.4, -0.2) is 51.9 Å². The fraction of sp³-hybridized carbons (Fsp3) is 0.538. The molecule has 2 unspecified atom stereocenters. The monoisotopic (exact) mass is 373 g/mol. The minimum absolute atomic E-state index is 0.0463. The molecule has 0 saturated carbocycles. The Balaban J connectivity index is 2.20. The van der Waals surface area contributed by atoms with Gasteiger partial charge in [0.1, 0.15) is 5.82 Å². The Labute approximate surface area is 144 Å². The second-order valence-electron chi connectivity index (χ2n) is 5.45. The summed E-state index contributed by atoms with van der Waals surface area (Å²) in [6, 6.07) is -0.920. The third kappa shape index (κ3) is 4.35. The summed E-state index contributed by atoms with van der Waals surface area (Å²) in [5.41, 5.74) is 4.93. The molecule has 2 atom stereocenters. The topological polar surface area (TPSA) is 137 Å². The van der Waals surface area contributed by atoms with E-state index in [-0.39, 0.29) is 17.4 Å². The lowest BCUT2D eigenvalue weighted by Gasteiger charge is -2.13. The number of nitrogens with one attached hydrogen (secondary N) is 1. The highest BCUT2D eigenvalue weighted by molar-refractivity contribution is 8.00. The van der Waals surface area contributed by atoms with Crippen molar-refractivity contribution < 1.29 is 18.0 Å². The number of rotatable bonds is 6. The number of amides is 3. The van der Waals surface area contributed by atoms with Crippen LogP contribution in [0, 0.1) is 0 Å². The standard InChI is InChI=1S/C13H19N5O4S2/c1-3-5-18-10(9-4-6-24(21,22)7-9)16-17-13(18)23-8(2)11(19)15-12(14)20/h3,8-9H,1,4-7H2,2H3,(H3,14,15,19,20). The number of nitrogens with two attached hydrogens (primary N) is 1. The summed E-state index contributed by atoms with van der Waals surface area (Å²) in [7, 11) is -3.05. The van der Waals surface area contributed by atoms with Crippen molar-refractivity contribution in [3.63, 3.8) is 0 Å². The first-order valence-electron chi connectivity index (χ1n) is 7.25. The molecule has 1 saturated heterocycles. The molecule has 2 rings (SSSR count). The zero-order chi connectivity index (χ0) is 17.9. The molecule has 9 nitrogen and oxygen atoms in total. The Bertz CT molecular complexity index is 758. The SMILES string of the molecule is C=CCn1c(SC(C)C(=O)NC(N)=O)nnc1C1CCS(=O)(=O)C1. The van der Waals surface area contributed by atoms with Crippen molar-refractivity contribution in [1.82, 2.24) is 20.1 Å². The number of hydrogen-bond donors (Lipinski definition) is 2. The molecule has 3 amide bonds. The van der Waals surface area contributed by atoms with E-state index >= 15 is 0 Å². The van der Waals surface area contributed by atoms with Crippen molar-refractivity contribution in [3.05, 3.63) is 18.5 Å². The molecule has 1 aromatic rings. The predicted molar refractivity (Wildman–Crippen MR) is 89.3 cm³/mol. The quantitative estimate of drug-likeness (QED) is 0.530. The molecule has 1 aliphatic rings. The van der Waals surface area contributed by atoms with Crippen LogP contribution in [0.5, 0.6) is 0 Å². The molecular formula is C13H19N5O4S2. The van der Waals surface area contributed by atoms with Gasteiger partial charge in [-0.2, -0.15) is 0 Å². The molecule has 1 aliphatic heterocycles. The highest BCUT2D eigenvalue weighted by Gasteiger charge is 2.33. The Morgan fingerprint density at radius 3 is 2.79 bits per heavy atom. The Morgan fingerprint density at radius 2 is 2.25 bits per heavy atom. The van der Waals surface area contributed by atoms with E-state index in [9.17, 15) is 18.0 Å². The van der Waals surface area contributed by atoms with E-state index in [2.05, 4.69) is 16.8 Å². The fourth-order valence-corrected chi connectivity index (χ4v) is 5.03. The van der Waals surface area contributed by atoms with Crippen molar-refractivity contribution in [3.8, 4) is 0 Å². The molecule has 0 radical (unpaired) electrons. The molecule has 132 valence electrons. The number of urea groups is 1. The molecule has 0 spiro atoms. The summed E-state index contributed by atoms with van der Waals surface area (Å²) >= 11 is 1.11. The molecule has 1 aromatic heterocycles. The number of nitrogens with zero attached hydrogens (tertiary/aromatic N) is 3. The summed E-state index contributed by atoms with van der Waals surface area (Å²) in [6.45, 7) is 5.68. The molecular weight excluding hydrogens is 354 g/mol. The van der Waals surface area contributed by atoms with Crippen molar-refractivity contribution in [2.24, 2.45) is 5.73 Å². The largest absolute Gasteiger partial charge is 0.351 e. The highest BCUT2D eigenvalue weighted by Crippen LogP contribution is 2.31. The number of primary amides is 1. The second-order valence-corrected chi connectivity index (χ2v) is 8.99. The Morgan fingerprint density at radius 1 is 1.54 bits per heavy atom. The number of hydrogen-bond acceptors (Lipinski definition) is 7. The van der Waals surface area contributed by atoms with Crippen LogP contribution in [0.15, 0.2) is 17.8 Å².